The molecule has 112 valence electrons. The minimum atomic E-state index is -4.45. The topological polar surface area (TPSA) is 58.6 Å². The maximum Gasteiger partial charge on any atom is 0.372 e. The highest BCUT2D eigenvalue weighted by molar-refractivity contribution is 7.46. The molecule has 0 heterocycles. The van der Waals surface area contributed by atoms with E-state index in [1.54, 1.807) is 42.5 Å². The summed E-state index contributed by atoms with van der Waals surface area (Å²) in [6.07, 6.45) is 2.78. The van der Waals surface area contributed by atoms with Gasteiger partial charge in [-0.3, -0.25) is 0 Å². The standard InChI is InChI=1S/C16H19O4P/c1-2-3-9-14-10-7-8-13-16(14)20-21(17,18)19-15-11-5-4-6-12-15/h4-8,10-13H,2-3,9H2,1H3,(H,17,18)/p-1. The van der Waals surface area contributed by atoms with Gasteiger partial charge in [-0.2, -0.15) is 0 Å². The van der Waals surface area contributed by atoms with Gasteiger partial charge in [-0.05, 0) is 36.6 Å². The van der Waals surface area contributed by atoms with E-state index in [-0.39, 0.29) is 5.75 Å². The minimum absolute atomic E-state index is 0.238. The van der Waals surface area contributed by atoms with Crippen LogP contribution in [0.3, 0.4) is 0 Å². The van der Waals surface area contributed by atoms with E-state index in [2.05, 4.69) is 6.92 Å². The Kier molecular flexibility index (Phi) is 5.43. The molecule has 2 aromatic rings. The summed E-state index contributed by atoms with van der Waals surface area (Å²) in [4.78, 5) is 12.0. The molecular weight excluding hydrogens is 287 g/mol. The zero-order valence-corrected chi connectivity index (χ0v) is 12.8. The van der Waals surface area contributed by atoms with Crippen LogP contribution in [-0.2, 0) is 11.0 Å². The van der Waals surface area contributed by atoms with Crippen LogP contribution in [0.1, 0.15) is 25.3 Å². The van der Waals surface area contributed by atoms with Gasteiger partial charge in [0.15, 0.2) is 0 Å². The molecule has 0 amide bonds. The summed E-state index contributed by atoms with van der Waals surface area (Å²) in [5, 5.41) is 0. The first-order valence-corrected chi connectivity index (χ1v) is 8.40. The number of phosphoric acid groups is 1. The van der Waals surface area contributed by atoms with Gasteiger partial charge in [0.1, 0.15) is 11.5 Å². The van der Waals surface area contributed by atoms with Crippen LogP contribution >= 0.6 is 7.82 Å². The van der Waals surface area contributed by atoms with Gasteiger partial charge in [0.2, 0.25) is 0 Å². The molecule has 0 aromatic heterocycles. The van der Waals surface area contributed by atoms with Crippen molar-refractivity contribution in [3.8, 4) is 11.5 Å². The maximum absolute atomic E-state index is 12.0. The zero-order valence-electron chi connectivity index (χ0n) is 11.9. The molecule has 0 bridgehead atoms. The molecule has 4 nitrogen and oxygen atoms in total. The third-order valence-electron chi connectivity index (χ3n) is 2.94. The van der Waals surface area contributed by atoms with Crippen molar-refractivity contribution in [1.82, 2.24) is 0 Å². The average Bonchev–Trinajstić information content (AvgIpc) is 2.46. The molecule has 2 aromatic carbocycles. The molecule has 0 aliphatic rings. The predicted octanol–water partition coefficient (Wildman–Crippen LogP) is 3.96. The van der Waals surface area contributed by atoms with E-state index in [9.17, 15) is 9.46 Å². The van der Waals surface area contributed by atoms with Crippen LogP contribution in [0.4, 0.5) is 0 Å². The molecular formula is C16H18O4P-. The number of rotatable bonds is 7. The Hall–Kier alpha value is -1.77. The molecule has 0 radical (unpaired) electrons. The number of unbranched alkanes of at least 4 members (excludes halogenated alkanes) is 1. The number of aryl methyl sites for hydroxylation is 1. The SMILES string of the molecule is CCCCc1ccccc1OP(=O)([O-])Oc1ccccc1. The molecule has 1 atom stereocenters. The molecule has 0 saturated carbocycles. The number of benzene rings is 2. The smallest absolute Gasteiger partial charge is 0.372 e. The van der Waals surface area contributed by atoms with Gasteiger partial charge in [0, 0.05) is 0 Å². The van der Waals surface area contributed by atoms with Crippen molar-refractivity contribution in [1.29, 1.82) is 0 Å². The van der Waals surface area contributed by atoms with E-state index in [0.717, 1.165) is 24.8 Å². The summed E-state index contributed by atoms with van der Waals surface area (Å²) in [7, 11) is -4.45. The number of para-hydroxylation sites is 2. The highest BCUT2D eigenvalue weighted by atomic mass is 31.2. The van der Waals surface area contributed by atoms with Gasteiger partial charge in [0.25, 0.3) is 0 Å². The van der Waals surface area contributed by atoms with Gasteiger partial charge < -0.3 is 13.9 Å². The van der Waals surface area contributed by atoms with Crippen LogP contribution in [0.15, 0.2) is 54.6 Å². The second-order valence-electron chi connectivity index (χ2n) is 4.65. The Morgan fingerprint density at radius 2 is 1.67 bits per heavy atom. The summed E-state index contributed by atoms with van der Waals surface area (Å²) in [5.74, 6) is 0.571. The first kappa shape index (κ1) is 15.6. The quantitative estimate of drug-likeness (QED) is 0.727. The van der Waals surface area contributed by atoms with Gasteiger partial charge >= 0.3 is 7.82 Å². The first-order chi connectivity index (χ1) is 10.1. The Labute approximate surface area is 125 Å². The molecule has 21 heavy (non-hydrogen) atoms. The van der Waals surface area contributed by atoms with Crippen molar-refractivity contribution < 1.29 is 18.5 Å². The average molecular weight is 305 g/mol. The summed E-state index contributed by atoms with van der Waals surface area (Å²) >= 11 is 0. The summed E-state index contributed by atoms with van der Waals surface area (Å²) in [6, 6.07) is 15.4. The third-order valence-corrected chi connectivity index (χ3v) is 3.80. The molecule has 2 rings (SSSR count). The molecule has 0 fully saturated rings. The van der Waals surface area contributed by atoms with E-state index in [0.29, 0.717) is 5.75 Å². The second-order valence-corrected chi connectivity index (χ2v) is 5.91. The summed E-state index contributed by atoms with van der Waals surface area (Å²) in [5.41, 5.74) is 0.868. The zero-order chi connectivity index (χ0) is 15.1. The van der Waals surface area contributed by atoms with Crippen molar-refractivity contribution in [2.45, 2.75) is 26.2 Å². The maximum atomic E-state index is 12.0. The molecule has 0 spiro atoms. The van der Waals surface area contributed by atoms with E-state index < -0.39 is 7.82 Å². The van der Waals surface area contributed by atoms with Crippen molar-refractivity contribution in [3.63, 3.8) is 0 Å². The van der Waals surface area contributed by atoms with E-state index >= 15 is 0 Å². The van der Waals surface area contributed by atoms with Crippen LogP contribution in [-0.4, -0.2) is 0 Å². The van der Waals surface area contributed by atoms with Crippen molar-refractivity contribution in [3.05, 3.63) is 60.2 Å². The highest BCUT2D eigenvalue weighted by Crippen LogP contribution is 2.41. The highest BCUT2D eigenvalue weighted by Gasteiger charge is 2.15. The van der Waals surface area contributed by atoms with Crippen LogP contribution in [0, 0.1) is 0 Å². The van der Waals surface area contributed by atoms with Crippen LogP contribution < -0.4 is 13.9 Å². The molecule has 1 unspecified atom stereocenters. The fraction of sp³-hybridized carbons (Fsp3) is 0.250. The third kappa shape index (κ3) is 4.92. The van der Waals surface area contributed by atoms with E-state index in [1.165, 1.54) is 0 Å². The van der Waals surface area contributed by atoms with Gasteiger partial charge in [-0.25, -0.2) is 4.57 Å². The molecule has 0 N–H and O–H groups in total. The molecule has 5 heteroatoms. The number of hydrogen-bond acceptors (Lipinski definition) is 4. The first-order valence-electron chi connectivity index (χ1n) is 6.94. The van der Waals surface area contributed by atoms with Crippen LogP contribution in [0.5, 0.6) is 11.5 Å². The normalized spacial score (nSPS) is 13.4. The lowest BCUT2D eigenvalue weighted by molar-refractivity contribution is -0.208. The minimum Gasteiger partial charge on any atom is -0.736 e. The van der Waals surface area contributed by atoms with E-state index in [4.69, 9.17) is 9.05 Å². The molecule has 0 aliphatic heterocycles. The summed E-state index contributed by atoms with van der Waals surface area (Å²) in [6.45, 7) is 2.08. The summed E-state index contributed by atoms with van der Waals surface area (Å²) < 4.78 is 22.0. The Morgan fingerprint density at radius 3 is 2.38 bits per heavy atom. The Morgan fingerprint density at radius 1 is 1.00 bits per heavy atom. The number of hydrogen-bond donors (Lipinski definition) is 0. The van der Waals surface area contributed by atoms with E-state index in [1.807, 2.05) is 12.1 Å². The van der Waals surface area contributed by atoms with Gasteiger partial charge in [0.05, 0.1) is 0 Å². The lowest BCUT2D eigenvalue weighted by Gasteiger charge is -2.25. The monoisotopic (exact) mass is 305 g/mol. The fourth-order valence-electron chi connectivity index (χ4n) is 1.92. The lowest BCUT2D eigenvalue weighted by Crippen LogP contribution is -2.13. The van der Waals surface area contributed by atoms with Gasteiger partial charge in [-0.15, -0.1) is 0 Å². The van der Waals surface area contributed by atoms with Crippen LogP contribution in [0.25, 0.3) is 0 Å². The predicted molar refractivity (Wildman–Crippen MR) is 80.4 cm³/mol. The fourth-order valence-corrected chi connectivity index (χ4v) is 2.75. The molecule has 0 aliphatic carbocycles. The largest absolute Gasteiger partial charge is 0.736 e. The van der Waals surface area contributed by atoms with Gasteiger partial charge in [-0.1, -0.05) is 49.7 Å². The number of phosphoric ester groups is 1. The Bertz CT molecular complexity index is 613. The van der Waals surface area contributed by atoms with Crippen molar-refractivity contribution >= 4 is 7.82 Å². The second kappa shape index (κ2) is 7.30. The Balaban J connectivity index is 2.11. The molecule has 0 saturated heterocycles. The lowest BCUT2D eigenvalue weighted by atomic mass is 10.1. The van der Waals surface area contributed by atoms with Crippen LogP contribution in [0.2, 0.25) is 0 Å². The van der Waals surface area contributed by atoms with Crippen molar-refractivity contribution in [2.75, 3.05) is 0 Å². The van der Waals surface area contributed by atoms with Crippen molar-refractivity contribution in [2.24, 2.45) is 0 Å².